The summed E-state index contributed by atoms with van der Waals surface area (Å²) in [6.07, 6.45) is 4.55. The van der Waals surface area contributed by atoms with Gasteiger partial charge in [-0.25, -0.2) is 0 Å². The maximum atomic E-state index is 11.8. The number of aromatic nitrogens is 1. The summed E-state index contributed by atoms with van der Waals surface area (Å²) in [5.41, 5.74) is 2.34. The normalized spacial score (nSPS) is 15.0. The molecule has 0 amide bonds. The van der Waals surface area contributed by atoms with Crippen LogP contribution in [0.15, 0.2) is 67.0 Å². The molecular weight excluding hydrogens is 775 g/mol. The maximum Gasteiger partial charge on any atom is 0.326 e. The van der Waals surface area contributed by atoms with Crippen LogP contribution in [0.2, 0.25) is 10.0 Å². The van der Waals surface area contributed by atoms with E-state index < -0.39 is 29.5 Å². The molecule has 0 radical (unpaired) electrons. The van der Waals surface area contributed by atoms with E-state index in [1.807, 2.05) is 43.3 Å². The highest BCUT2D eigenvalue weighted by Gasteiger charge is 2.41. The molecule has 15 heteroatoms. The van der Waals surface area contributed by atoms with E-state index in [0.717, 1.165) is 28.8 Å². The number of piperidine rings is 1. The van der Waals surface area contributed by atoms with Gasteiger partial charge in [0.15, 0.2) is 0 Å². The molecule has 5 N–H and O–H groups in total. The number of carboxylic acids is 2. The number of aliphatic hydroxyl groups excluding tert-OH is 2. The number of carboxylic acid groups (broad SMARTS) is 2. The van der Waals surface area contributed by atoms with Gasteiger partial charge in [-0.15, -0.1) is 0 Å². The van der Waals surface area contributed by atoms with Crippen LogP contribution < -0.4 is 19.5 Å². The molecule has 4 aromatic rings. The number of nitrogens with zero attached hydrogens (tertiary/aromatic N) is 3. The molecule has 302 valence electrons. The van der Waals surface area contributed by atoms with E-state index in [-0.39, 0.29) is 31.4 Å². The molecule has 1 saturated heterocycles. The van der Waals surface area contributed by atoms with E-state index in [2.05, 4.69) is 21.3 Å². The zero-order chi connectivity index (χ0) is 41.2. The molecule has 3 aromatic carbocycles. The smallest absolute Gasteiger partial charge is 0.326 e. The Labute approximate surface area is 341 Å². The Morgan fingerprint density at radius 3 is 2.35 bits per heavy atom. The van der Waals surface area contributed by atoms with Gasteiger partial charge in [0, 0.05) is 48.2 Å². The summed E-state index contributed by atoms with van der Waals surface area (Å²) in [5, 5.41) is 51.5. The third-order valence-electron chi connectivity index (χ3n) is 10.4. The molecule has 0 unspecified atom stereocenters. The van der Waals surface area contributed by atoms with Gasteiger partial charge in [-0.05, 0) is 81.1 Å². The maximum absolute atomic E-state index is 11.8. The van der Waals surface area contributed by atoms with Crippen LogP contribution in [-0.4, -0.2) is 87.2 Å². The van der Waals surface area contributed by atoms with E-state index in [9.17, 15) is 35.3 Å². The van der Waals surface area contributed by atoms with Gasteiger partial charge in [0.05, 0.1) is 40.8 Å². The summed E-state index contributed by atoms with van der Waals surface area (Å²) in [6, 6.07) is 18.4. The zero-order valence-corrected chi connectivity index (χ0v) is 33.3. The number of aliphatic carboxylic acids is 2. The average molecular weight is 822 g/mol. The predicted octanol–water partition coefficient (Wildman–Crippen LogP) is 6.25. The number of rotatable bonds is 19. The fourth-order valence-electron chi connectivity index (χ4n) is 6.47. The van der Waals surface area contributed by atoms with Crippen LogP contribution in [0.4, 0.5) is 0 Å². The van der Waals surface area contributed by atoms with E-state index in [1.165, 1.54) is 13.1 Å². The number of hydrogen-bond acceptors (Lipinski definition) is 11. The fraction of sp³-hybridized carbons (Fsp3) is 0.381. The van der Waals surface area contributed by atoms with E-state index in [1.54, 1.807) is 24.4 Å². The van der Waals surface area contributed by atoms with Gasteiger partial charge >= 0.3 is 11.9 Å². The predicted molar refractivity (Wildman–Crippen MR) is 214 cm³/mol. The lowest BCUT2D eigenvalue weighted by molar-refractivity contribution is -0.155. The van der Waals surface area contributed by atoms with Gasteiger partial charge in [0.1, 0.15) is 42.1 Å². The average Bonchev–Trinajstić information content (AvgIpc) is 3.21. The second-order valence-corrected chi connectivity index (χ2v) is 15.1. The van der Waals surface area contributed by atoms with Crippen LogP contribution in [0.25, 0.3) is 11.1 Å². The number of carbonyl (C=O) groups is 2. The summed E-state index contributed by atoms with van der Waals surface area (Å²) in [6.45, 7) is 4.89. The lowest BCUT2D eigenvalue weighted by Gasteiger charge is -2.37. The summed E-state index contributed by atoms with van der Waals surface area (Å²) in [7, 11) is 0. The van der Waals surface area contributed by atoms with E-state index in [4.69, 9.17) is 37.4 Å². The summed E-state index contributed by atoms with van der Waals surface area (Å²) < 4.78 is 18.5. The van der Waals surface area contributed by atoms with Crippen LogP contribution in [0.3, 0.4) is 0 Å². The number of benzene rings is 3. The number of nitriles is 1. The van der Waals surface area contributed by atoms with E-state index >= 15 is 0 Å². The highest BCUT2D eigenvalue weighted by molar-refractivity contribution is 6.35. The first-order chi connectivity index (χ1) is 27.3. The lowest BCUT2D eigenvalue weighted by atomic mass is 9.79. The van der Waals surface area contributed by atoms with Crippen molar-refractivity contribution in [3.05, 3.63) is 105 Å². The third-order valence-corrected chi connectivity index (χ3v) is 11.1. The molecule has 57 heavy (non-hydrogen) atoms. The summed E-state index contributed by atoms with van der Waals surface area (Å²) >= 11 is 13.6. The fourth-order valence-corrected chi connectivity index (χ4v) is 6.99. The van der Waals surface area contributed by atoms with Crippen molar-refractivity contribution in [3.8, 4) is 34.4 Å². The molecule has 2 heterocycles. The number of pyridine rings is 1. The van der Waals surface area contributed by atoms with Crippen molar-refractivity contribution in [2.75, 3.05) is 39.5 Å². The standard InChI is InChI=1S/C42H46Cl2N4O9/c1-27-30(6-3-7-32(27)33-8-4-9-35(38(33)44)55-15-5-12-48-13-10-42(26-50,11-14-48)40(53)54)24-57-37-18-36(56-23-29-16-28(19-45)20-46-21-29)31(17-34(37)43)22-47-41(2,25-49)39(51)52/h3-4,6-9,16-18,20-21,47,49-50H,5,10-15,22-26H2,1-2H3,(H,51,52)(H,53,54)/t41-/m0/s1. The highest BCUT2D eigenvalue weighted by atomic mass is 35.5. The number of aliphatic hydroxyl groups is 2. The minimum Gasteiger partial charge on any atom is -0.492 e. The second-order valence-electron chi connectivity index (χ2n) is 14.3. The van der Waals surface area contributed by atoms with Crippen molar-refractivity contribution in [3.63, 3.8) is 0 Å². The first-order valence-electron chi connectivity index (χ1n) is 18.4. The van der Waals surface area contributed by atoms with Gasteiger partial charge in [-0.2, -0.15) is 5.26 Å². The summed E-state index contributed by atoms with van der Waals surface area (Å²) in [5.74, 6) is -0.955. The van der Waals surface area contributed by atoms with Gasteiger partial charge in [0.2, 0.25) is 0 Å². The molecule has 5 rings (SSSR count). The van der Waals surface area contributed by atoms with Crippen molar-refractivity contribution in [2.45, 2.75) is 58.4 Å². The minimum absolute atomic E-state index is 0.00108. The Morgan fingerprint density at radius 2 is 1.67 bits per heavy atom. The van der Waals surface area contributed by atoms with E-state index in [0.29, 0.717) is 77.9 Å². The first-order valence-corrected chi connectivity index (χ1v) is 19.2. The van der Waals surface area contributed by atoms with Gasteiger partial charge in [-0.1, -0.05) is 53.5 Å². The topological polar surface area (TPSA) is 195 Å². The molecule has 0 bridgehead atoms. The lowest BCUT2D eigenvalue weighted by Crippen LogP contribution is -2.52. The van der Waals surface area contributed by atoms with Gasteiger partial charge in [-0.3, -0.25) is 19.9 Å². The molecule has 0 spiro atoms. The Hall–Kier alpha value is -4.94. The van der Waals surface area contributed by atoms with Crippen molar-refractivity contribution < 1.29 is 44.2 Å². The van der Waals surface area contributed by atoms with Crippen molar-refractivity contribution in [2.24, 2.45) is 5.41 Å². The third kappa shape index (κ3) is 10.5. The quantitative estimate of drug-likeness (QED) is 0.0668. The van der Waals surface area contributed by atoms with Crippen LogP contribution >= 0.6 is 23.2 Å². The highest BCUT2D eigenvalue weighted by Crippen LogP contribution is 2.39. The zero-order valence-electron chi connectivity index (χ0n) is 31.8. The Morgan fingerprint density at radius 1 is 0.947 bits per heavy atom. The van der Waals surface area contributed by atoms with Gasteiger partial charge < -0.3 is 39.5 Å². The molecule has 1 aromatic heterocycles. The van der Waals surface area contributed by atoms with Crippen LogP contribution in [0, 0.1) is 23.7 Å². The van der Waals surface area contributed by atoms with Crippen molar-refractivity contribution >= 4 is 35.1 Å². The molecule has 13 nitrogen and oxygen atoms in total. The van der Waals surface area contributed by atoms with Gasteiger partial charge in [0.25, 0.3) is 0 Å². The number of hydrogen-bond donors (Lipinski definition) is 5. The SMILES string of the molecule is Cc1c(COc2cc(OCc3cncc(C#N)c3)c(CN[C@@](C)(CO)C(=O)O)cc2Cl)cccc1-c1cccc(OCCCN2CCC(CO)(C(=O)O)CC2)c1Cl. The number of nitrogens with one attached hydrogen (secondary N) is 1. The molecule has 0 aliphatic carbocycles. The van der Waals surface area contributed by atoms with Crippen molar-refractivity contribution in [1.29, 1.82) is 5.26 Å². The largest absolute Gasteiger partial charge is 0.492 e. The van der Waals surface area contributed by atoms with Crippen molar-refractivity contribution in [1.82, 2.24) is 15.2 Å². The molecule has 1 atom stereocenters. The Kier molecular flexibility index (Phi) is 14.8. The molecule has 1 aliphatic rings. The van der Waals surface area contributed by atoms with Crippen LogP contribution in [0.5, 0.6) is 17.2 Å². The molecular formula is C42H46Cl2N4O9. The van der Waals surface area contributed by atoms with Crippen LogP contribution in [0.1, 0.15) is 54.0 Å². The Bertz CT molecular complexity index is 2100. The minimum atomic E-state index is -1.61. The number of halogens is 2. The van der Waals surface area contributed by atoms with Crippen LogP contribution in [-0.2, 0) is 29.3 Å². The Balaban J connectivity index is 1.27. The molecule has 1 fully saturated rings. The monoisotopic (exact) mass is 820 g/mol. The molecule has 1 aliphatic heterocycles. The summed E-state index contributed by atoms with van der Waals surface area (Å²) in [4.78, 5) is 29.7. The molecule has 0 saturated carbocycles. The second kappa shape index (κ2) is 19.5. The first kappa shape index (κ1) is 43.2. The number of ether oxygens (including phenoxy) is 3. The number of likely N-dealkylation sites (tertiary alicyclic amines) is 1.